The number of nitrogens with zero attached hydrogens (tertiary/aromatic N) is 3. The fraction of sp³-hybridized carbons (Fsp3) is 0.423. The van der Waals surface area contributed by atoms with Crippen molar-refractivity contribution in [1.82, 2.24) is 20.1 Å². The fourth-order valence-electron chi connectivity index (χ4n) is 5.24. The highest BCUT2D eigenvalue weighted by molar-refractivity contribution is 6.22. The second-order valence-electron chi connectivity index (χ2n) is 9.31. The van der Waals surface area contributed by atoms with Gasteiger partial charge in [0.1, 0.15) is 0 Å². The minimum absolute atomic E-state index is 0.0139. The van der Waals surface area contributed by atoms with E-state index in [1.165, 1.54) is 11.1 Å². The zero-order chi connectivity index (χ0) is 23.7. The zero-order valence-electron chi connectivity index (χ0n) is 19.0. The lowest BCUT2D eigenvalue weighted by Crippen LogP contribution is -2.46. The molecule has 2 aromatic rings. The number of piperidine rings is 1. The molecule has 1 aromatic carbocycles. The van der Waals surface area contributed by atoms with Crippen LogP contribution >= 0.6 is 0 Å². The highest BCUT2D eigenvalue weighted by Gasteiger charge is 2.40. The number of aromatic nitrogens is 1. The van der Waals surface area contributed by atoms with Gasteiger partial charge in [-0.15, -0.1) is 0 Å². The number of pyridine rings is 1. The number of rotatable bonds is 4. The molecule has 34 heavy (non-hydrogen) atoms. The molecule has 0 atom stereocenters. The largest absolute Gasteiger partial charge is 0.349 e. The number of likely N-dealkylation sites (tertiary alicyclic amines) is 1. The molecule has 1 saturated heterocycles. The van der Waals surface area contributed by atoms with E-state index in [1.807, 2.05) is 0 Å². The van der Waals surface area contributed by atoms with Crippen LogP contribution in [-0.2, 0) is 0 Å². The summed E-state index contributed by atoms with van der Waals surface area (Å²) in [5.41, 5.74) is 1.66. The number of amides is 4. The molecule has 1 N–H and O–H groups in total. The number of benzene rings is 1. The third-order valence-electron chi connectivity index (χ3n) is 7.15. The summed E-state index contributed by atoms with van der Waals surface area (Å²) in [5.74, 6) is -0.840. The Balaban J connectivity index is 1.22. The molecule has 3 aliphatic rings. The Kier molecular flexibility index (Phi) is 6.13. The van der Waals surface area contributed by atoms with Crippen LogP contribution in [0.15, 0.2) is 42.7 Å². The molecular formula is C26H28N4O4. The van der Waals surface area contributed by atoms with Gasteiger partial charge >= 0.3 is 0 Å². The van der Waals surface area contributed by atoms with Crippen LogP contribution in [0.3, 0.4) is 0 Å². The van der Waals surface area contributed by atoms with E-state index in [0.717, 1.165) is 32.1 Å². The van der Waals surface area contributed by atoms with Gasteiger partial charge in [0.25, 0.3) is 23.6 Å². The van der Waals surface area contributed by atoms with Crippen LogP contribution in [0.25, 0.3) is 0 Å². The minimum Gasteiger partial charge on any atom is -0.349 e. The van der Waals surface area contributed by atoms with Gasteiger partial charge in [-0.2, -0.15) is 0 Å². The Morgan fingerprint density at radius 2 is 1.62 bits per heavy atom. The van der Waals surface area contributed by atoms with Crippen molar-refractivity contribution < 1.29 is 19.2 Å². The lowest BCUT2D eigenvalue weighted by Gasteiger charge is -2.32. The summed E-state index contributed by atoms with van der Waals surface area (Å²) in [6.45, 7) is 1.02. The number of hydrogen-bond acceptors (Lipinski definition) is 5. The monoisotopic (exact) mass is 460 g/mol. The van der Waals surface area contributed by atoms with Crippen LogP contribution in [0, 0.1) is 0 Å². The number of hydrogen-bond donors (Lipinski definition) is 1. The first-order valence-corrected chi connectivity index (χ1v) is 12.0. The van der Waals surface area contributed by atoms with E-state index in [2.05, 4.69) is 10.3 Å². The van der Waals surface area contributed by atoms with Gasteiger partial charge in [0, 0.05) is 43.1 Å². The maximum atomic E-state index is 13.1. The first kappa shape index (κ1) is 22.3. The smallest absolute Gasteiger partial charge is 0.261 e. The molecule has 0 spiro atoms. The summed E-state index contributed by atoms with van der Waals surface area (Å²) >= 11 is 0. The summed E-state index contributed by atoms with van der Waals surface area (Å²) in [5, 5.41) is 3.01. The Morgan fingerprint density at radius 1 is 0.882 bits per heavy atom. The average molecular weight is 461 g/mol. The number of imide groups is 1. The van der Waals surface area contributed by atoms with Crippen molar-refractivity contribution in [2.75, 3.05) is 13.1 Å². The van der Waals surface area contributed by atoms with Crippen molar-refractivity contribution in [1.29, 1.82) is 0 Å². The molecular weight excluding hydrogens is 432 g/mol. The van der Waals surface area contributed by atoms with Crippen LogP contribution < -0.4 is 5.32 Å². The van der Waals surface area contributed by atoms with Crippen LogP contribution in [0.4, 0.5) is 0 Å². The van der Waals surface area contributed by atoms with Crippen LogP contribution in [0.5, 0.6) is 0 Å². The summed E-state index contributed by atoms with van der Waals surface area (Å²) < 4.78 is 0. The number of fused-ring (bicyclic) bond motifs is 1. The van der Waals surface area contributed by atoms with Gasteiger partial charge in [0.15, 0.2) is 0 Å². The van der Waals surface area contributed by atoms with Gasteiger partial charge < -0.3 is 10.2 Å². The number of carbonyl (C=O) groups is 4. The van der Waals surface area contributed by atoms with E-state index in [9.17, 15) is 19.2 Å². The SMILES string of the molecule is O=C(NC1CCN(C(=O)c2ccc3c(c2)C(=O)N(C2CCCCC2)C3=O)CC1)c1cccnc1. The van der Waals surface area contributed by atoms with Gasteiger partial charge in [-0.05, 0) is 56.0 Å². The van der Waals surface area contributed by atoms with Crippen molar-refractivity contribution in [2.24, 2.45) is 0 Å². The van der Waals surface area contributed by atoms with E-state index in [1.54, 1.807) is 41.4 Å². The van der Waals surface area contributed by atoms with Gasteiger partial charge in [-0.1, -0.05) is 19.3 Å². The highest BCUT2D eigenvalue weighted by Crippen LogP contribution is 2.31. The van der Waals surface area contributed by atoms with Gasteiger partial charge in [0.05, 0.1) is 16.7 Å². The van der Waals surface area contributed by atoms with Crippen LogP contribution in [0.2, 0.25) is 0 Å². The topological polar surface area (TPSA) is 99.7 Å². The van der Waals surface area contributed by atoms with Crippen LogP contribution in [0.1, 0.15) is 86.4 Å². The molecule has 0 radical (unpaired) electrons. The van der Waals surface area contributed by atoms with E-state index in [-0.39, 0.29) is 35.7 Å². The highest BCUT2D eigenvalue weighted by atomic mass is 16.2. The second kappa shape index (κ2) is 9.37. The Bertz CT molecular complexity index is 1120. The standard InChI is InChI=1S/C26H28N4O4/c31-23(18-5-4-12-27-16-18)28-19-10-13-29(14-11-19)24(32)17-8-9-21-22(15-17)26(34)30(25(21)33)20-6-2-1-3-7-20/h4-5,8-9,12,15-16,19-20H,1-3,6-7,10-11,13-14H2,(H,28,31). The van der Waals surface area contributed by atoms with Crippen molar-refractivity contribution in [3.8, 4) is 0 Å². The van der Waals surface area contributed by atoms with E-state index < -0.39 is 0 Å². The van der Waals surface area contributed by atoms with Crippen molar-refractivity contribution in [3.05, 3.63) is 65.0 Å². The fourth-order valence-corrected chi connectivity index (χ4v) is 5.24. The van der Waals surface area contributed by atoms with E-state index >= 15 is 0 Å². The Hall–Kier alpha value is -3.55. The maximum Gasteiger partial charge on any atom is 0.261 e. The summed E-state index contributed by atoms with van der Waals surface area (Å²) in [4.78, 5) is 58.6. The molecule has 1 aliphatic carbocycles. The lowest BCUT2D eigenvalue weighted by molar-refractivity contribution is 0.0548. The molecule has 3 heterocycles. The molecule has 2 aliphatic heterocycles. The molecule has 8 heteroatoms. The van der Waals surface area contributed by atoms with Gasteiger partial charge in [0.2, 0.25) is 0 Å². The van der Waals surface area contributed by atoms with Crippen molar-refractivity contribution in [2.45, 2.75) is 57.0 Å². The minimum atomic E-state index is -0.279. The van der Waals surface area contributed by atoms with E-state index in [4.69, 9.17) is 0 Å². The molecule has 2 fully saturated rings. The van der Waals surface area contributed by atoms with Gasteiger partial charge in [-0.25, -0.2) is 0 Å². The van der Waals surface area contributed by atoms with Crippen LogP contribution in [-0.4, -0.2) is 63.6 Å². The average Bonchev–Trinajstić information content (AvgIpc) is 3.14. The molecule has 176 valence electrons. The van der Waals surface area contributed by atoms with Gasteiger partial charge in [-0.3, -0.25) is 29.1 Å². The molecule has 1 saturated carbocycles. The predicted octanol–water partition coefficient (Wildman–Crippen LogP) is 3.04. The van der Waals surface area contributed by atoms with Crippen molar-refractivity contribution >= 4 is 23.6 Å². The molecule has 5 rings (SSSR count). The molecule has 0 bridgehead atoms. The normalized spacial score (nSPS) is 19.3. The second-order valence-corrected chi connectivity index (χ2v) is 9.31. The summed E-state index contributed by atoms with van der Waals surface area (Å²) in [6.07, 6.45) is 9.35. The third kappa shape index (κ3) is 4.20. The number of nitrogens with one attached hydrogen (secondary N) is 1. The Labute approximate surface area is 198 Å². The first-order chi connectivity index (χ1) is 16.5. The third-order valence-corrected chi connectivity index (χ3v) is 7.15. The van der Waals surface area contributed by atoms with Crippen molar-refractivity contribution in [3.63, 3.8) is 0 Å². The molecule has 8 nitrogen and oxygen atoms in total. The summed E-state index contributed by atoms with van der Waals surface area (Å²) in [6, 6.07) is 8.23. The van der Waals surface area contributed by atoms with E-state index in [0.29, 0.717) is 48.2 Å². The molecule has 1 aromatic heterocycles. The first-order valence-electron chi connectivity index (χ1n) is 12.0. The predicted molar refractivity (Wildman–Crippen MR) is 124 cm³/mol. The molecule has 0 unspecified atom stereocenters. The summed E-state index contributed by atoms with van der Waals surface area (Å²) in [7, 11) is 0. The number of carbonyl (C=O) groups excluding carboxylic acids is 4. The lowest BCUT2D eigenvalue weighted by atomic mass is 9.94. The maximum absolute atomic E-state index is 13.1. The Morgan fingerprint density at radius 3 is 2.32 bits per heavy atom. The zero-order valence-corrected chi connectivity index (χ0v) is 19.0. The quantitative estimate of drug-likeness (QED) is 0.707. The molecule has 4 amide bonds.